The number of allylic oxidation sites excluding steroid dienone is 4. The maximum atomic E-state index is 10.3. The molecule has 0 bridgehead atoms. The SMILES string of the molecule is CCCCCCCC=CCCCCCCC=CCCCCCC(O)C=O. The van der Waals surface area contributed by atoms with Crippen molar-refractivity contribution >= 4 is 6.29 Å². The van der Waals surface area contributed by atoms with E-state index in [4.69, 9.17) is 5.11 Å². The summed E-state index contributed by atoms with van der Waals surface area (Å²) in [5.41, 5.74) is 0. The van der Waals surface area contributed by atoms with E-state index in [1.165, 1.54) is 77.0 Å². The molecule has 2 nitrogen and oxygen atoms in total. The van der Waals surface area contributed by atoms with Crippen LogP contribution in [0.2, 0.25) is 0 Å². The van der Waals surface area contributed by atoms with E-state index in [2.05, 4.69) is 31.2 Å². The highest BCUT2D eigenvalue weighted by Gasteiger charge is 1.99. The Kier molecular flexibility index (Phi) is 21.4. The van der Waals surface area contributed by atoms with Crippen molar-refractivity contribution in [3.05, 3.63) is 24.3 Å². The van der Waals surface area contributed by atoms with Crippen LogP contribution in [0.4, 0.5) is 0 Å². The zero-order valence-electron chi connectivity index (χ0n) is 17.3. The van der Waals surface area contributed by atoms with E-state index < -0.39 is 6.10 Å². The highest BCUT2D eigenvalue weighted by molar-refractivity contribution is 5.55. The summed E-state index contributed by atoms with van der Waals surface area (Å²) in [6.07, 6.45) is 30.2. The van der Waals surface area contributed by atoms with Gasteiger partial charge in [-0.05, 0) is 57.8 Å². The Labute approximate surface area is 163 Å². The van der Waals surface area contributed by atoms with Gasteiger partial charge in [0.05, 0.1) is 0 Å². The molecule has 0 aromatic rings. The van der Waals surface area contributed by atoms with E-state index >= 15 is 0 Å². The van der Waals surface area contributed by atoms with E-state index in [0.717, 1.165) is 25.7 Å². The zero-order valence-corrected chi connectivity index (χ0v) is 17.3. The summed E-state index contributed by atoms with van der Waals surface area (Å²) in [7, 11) is 0. The number of aldehydes is 1. The van der Waals surface area contributed by atoms with Crippen LogP contribution in [0.5, 0.6) is 0 Å². The lowest BCUT2D eigenvalue weighted by molar-refractivity contribution is -0.115. The fraction of sp³-hybridized carbons (Fsp3) is 0.792. The minimum Gasteiger partial charge on any atom is -0.386 e. The minimum absolute atomic E-state index is 0.612. The fourth-order valence-electron chi connectivity index (χ4n) is 3.08. The first-order valence-corrected chi connectivity index (χ1v) is 11.2. The van der Waals surface area contributed by atoms with E-state index in [0.29, 0.717) is 12.7 Å². The summed E-state index contributed by atoms with van der Waals surface area (Å²) in [6, 6.07) is 0. The molecule has 0 saturated carbocycles. The van der Waals surface area contributed by atoms with Crippen molar-refractivity contribution in [2.45, 2.75) is 122 Å². The molecule has 0 saturated heterocycles. The summed E-state index contributed by atoms with van der Waals surface area (Å²) in [5.74, 6) is 0. The van der Waals surface area contributed by atoms with Gasteiger partial charge in [0.1, 0.15) is 12.4 Å². The number of carbonyl (C=O) groups excluding carboxylic acids is 1. The van der Waals surface area contributed by atoms with Crippen molar-refractivity contribution < 1.29 is 9.90 Å². The standard InChI is InChI=1S/C24H44O2/c1-2-3-4-5-6-7-8-9-10-11-12-13-14-15-16-17-18-19-20-21-22-24(26)23-25/h8-9,16-17,23-24,26H,2-7,10-15,18-22H2,1H3. The molecule has 1 N–H and O–H groups in total. The Balaban J connectivity index is 3.17. The molecule has 0 heterocycles. The van der Waals surface area contributed by atoms with Crippen molar-refractivity contribution in [3.8, 4) is 0 Å². The van der Waals surface area contributed by atoms with Crippen LogP contribution in [0, 0.1) is 0 Å². The summed E-state index contributed by atoms with van der Waals surface area (Å²) in [5, 5.41) is 9.12. The van der Waals surface area contributed by atoms with Crippen molar-refractivity contribution in [2.75, 3.05) is 0 Å². The van der Waals surface area contributed by atoms with Gasteiger partial charge in [0.2, 0.25) is 0 Å². The maximum absolute atomic E-state index is 10.3. The topological polar surface area (TPSA) is 37.3 Å². The van der Waals surface area contributed by atoms with Crippen LogP contribution in [-0.4, -0.2) is 17.5 Å². The average Bonchev–Trinajstić information content (AvgIpc) is 2.66. The second kappa shape index (κ2) is 22.2. The largest absolute Gasteiger partial charge is 0.386 e. The number of carbonyl (C=O) groups is 1. The van der Waals surface area contributed by atoms with Crippen LogP contribution >= 0.6 is 0 Å². The van der Waals surface area contributed by atoms with Crippen LogP contribution in [0.1, 0.15) is 116 Å². The molecule has 1 atom stereocenters. The van der Waals surface area contributed by atoms with Crippen LogP contribution in [0.15, 0.2) is 24.3 Å². The summed E-state index contributed by atoms with van der Waals surface area (Å²) < 4.78 is 0. The summed E-state index contributed by atoms with van der Waals surface area (Å²) in [4.78, 5) is 10.3. The zero-order chi connectivity index (χ0) is 19.1. The number of hydrogen-bond donors (Lipinski definition) is 1. The molecule has 152 valence electrons. The lowest BCUT2D eigenvalue weighted by Crippen LogP contribution is -2.06. The number of aliphatic hydroxyl groups excluding tert-OH is 1. The van der Waals surface area contributed by atoms with Crippen molar-refractivity contribution in [1.29, 1.82) is 0 Å². The van der Waals surface area contributed by atoms with Gasteiger partial charge in [-0.2, -0.15) is 0 Å². The van der Waals surface area contributed by atoms with Gasteiger partial charge in [0.25, 0.3) is 0 Å². The van der Waals surface area contributed by atoms with Gasteiger partial charge < -0.3 is 9.90 Å². The first kappa shape index (κ1) is 25.1. The van der Waals surface area contributed by atoms with E-state index in [-0.39, 0.29) is 0 Å². The molecule has 0 aliphatic heterocycles. The predicted octanol–water partition coefficient (Wildman–Crippen LogP) is 7.31. The molecular weight excluding hydrogens is 320 g/mol. The number of rotatable bonds is 20. The third-order valence-electron chi connectivity index (χ3n) is 4.83. The third-order valence-corrected chi connectivity index (χ3v) is 4.83. The molecule has 0 aromatic heterocycles. The number of unbranched alkanes of at least 4 members (excludes halogenated alkanes) is 13. The first-order chi connectivity index (χ1) is 12.8. The molecule has 1 unspecified atom stereocenters. The Hall–Kier alpha value is -0.890. The lowest BCUT2D eigenvalue weighted by Gasteiger charge is -2.01. The van der Waals surface area contributed by atoms with Crippen molar-refractivity contribution in [2.24, 2.45) is 0 Å². The Morgan fingerprint density at radius 3 is 1.38 bits per heavy atom. The molecule has 0 fully saturated rings. The molecule has 0 aliphatic carbocycles. The van der Waals surface area contributed by atoms with Gasteiger partial charge in [0, 0.05) is 0 Å². The highest BCUT2D eigenvalue weighted by Crippen LogP contribution is 2.10. The van der Waals surface area contributed by atoms with Gasteiger partial charge in [-0.3, -0.25) is 0 Å². The molecule has 0 radical (unpaired) electrons. The normalized spacial score (nSPS) is 13.0. The van der Waals surface area contributed by atoms with Gasteiger partial charge in [-0.1, -0.05) is 82.6 Å². The summed E-state index contributed by atoms with van der Waals surface area (Å²) >= 11 is 0. The maximum Gasteiger partial charge on any atom is 0.148 e. The minimum atomic E-state index is -0.753. The molecule has 26 heavy (non-hydrogen) atoms. The predicted molar refractivity (Wildman–Crippen MR) is 115 cm³/mol. The molecule has 0 aliphatic rings. The molecule has 0 aromatic carbocycles. The lowest BCUT2D eigenvalue weighted by atomic mass is 10.1. The molecule has 0 amide bonds. The fourth-order valence-corrected chi connectivity index (χ4v) is 3.08. The van der Waals surface area contributed by atoms with E-state index in [1.807, 2.05) is 0 Å². The van der Waals surface area contributed by atoms with Gasteiger partial charge in [-0.15, -0.1) is 0 Å². The van der Waals surface area contributed by atoms with Crippen molar-refractivity contribution in [1.82, 2.24) is 0 Å². The van der Waals surface area contributed by atoms with Gasteiger partial charge in [0.15, 0.2) is 0 Å². The Bertz CT molecular complexity index is 333. The number of hydrogen-bond acceptors (Lipinski definition) is 2. The van der Waals surface area contributed by atoms with Crippen LogP contribution in [0.25, 0.3) is 0 Å². The number of aliphatic hydroxyl groups is 1. The quantitative estimate of drug-likeness (QED) is 0.140. The molecule has 0 spiro atoms. The van der Waals surface area contributed by atoms with Gasteiger partial charge in [-0.25, -0.2) is 0 Å². The molecule has 2 heteroatoms. The molecule has 0 rings (SSSR count). The van der Waals surface area contributed by atoms with Crippen LogP contribution in [-0.2, 0) is 4.79 Å². The van der Waals surface area contributed by atoms with Crippen LogP contribution < -0.4 is 0 Å². The Morgan fingerprint density at radius 1 is 0.615 bits per heavy atom. The smallest absolute Gasteiger partial charge is 0.148 e. The van der Waals surface area contributed by atoms with Crippen molar-refractivity contribution in [3.63, 3.8) is 0 Å². The molecular formula is C24H44O2. The van der Waals surface area contributed by atoms with Gasteiger partial charge >= 0.3 is 0 Å². The average molecular weight is 365 g/mol. The Morgan fingerprint density at radius 2 is 1.00 bits per heavy atom. The second-order valence-corrected chi connectivity index (χ2v) is 7.48. The highest BCUT2D eigenvalue weighted by atomic mass is 16.3. The van der Waals surface area contributed by atoms with E-state index in [9.17, 15) is 4.79 Å². The first-order valence-electron chi connectivity index (χ1n) is 11.2. The summed E-state index contributed by atoms with van der Waals surface area (Å²) in [6.45, 7) is 2.27. The monoisotopic (exact) mass is 364 g/mol. The third kappa shape index (κ3) is 21.2. The van der Waals surface area contributed by atoms with Crippen LogP contribution in [0.3, 0.4) is 0 Å². The second-order valence-electron chi connectivity index (χ2n) is 7.48. The van der Waals surface area contributed by atoms with E-state index in [1.54, 1.807) is 0 Å².